The molecule has 0 fully saturated rings. The van der Waals surface area contributed by atoms with E-state index in [1.54, 1.807) is 0 Å². The summed E-state index contributed by atoms with van der Waals surface area (Å²) < 4.78 is 0. The van der Waals surface area contributed by atoms with Crippen LogP contribution in [0.25, 0.3) is 0 Å². The normalized spacial score (nSPS) is 10.6. The first kappa shape index (κ1) is 14.7. The summed E-state index contributed by atoms with van der Waals surface area (Å²) in [5.74, 6) is 2.70. The molecule has 0 amide bonds. The first-order valence-corrected chi connectivity index (χ1v) is 6.60. The van der Waals surface area contributed by atoms with Crippen molar-refractivity contribution in [3.8, 4) is 12.3 Å². The summed E-state index contributed by atoms with van der Waals surface area (Å²) in [5, 5.41) is 3.29. The number of hydrogen-bond acceptors (Lipinski definition) is 3. The number of pyridine rings is 1. The van der Waals surface area contributed by atoms with Gasteiger partial charge in [0.15, 0.2) is 0 Å². The summed E-state index contributed by atoms with van der Waals surface area (Å²) in [6.07, 6.45) is 8.43. The summed E-state index contributed by atoms with van der Waals surface area (Å²) in [6, 6.07) is 4.22. The van der Waals surface area contributed by atoms with Gasteiger partial charge < -0.3 is 5.32 Å². The second kappa shape index (κ2) is 8.68. The highest BCUT2D eigenvalue weighted by Gasteiger charge is 2.04. The van der Waals surface area contributed by atoms with E-state index < -0.39 is 0 Å². The highest BCUT2D eigenvalue weighted by Crippen LogP contribution is 2.04. The largest absolute Gasteiger partial charge is 0.313 e. The molecule has 1 aromatic rings. The lowest BCUT2D eigenvalue weighted by Gasteiger charge is -2.18. The van der Waals surface area contributed by atoms with E-state index in [-0.39, 0.29) is 0 Å². The zero-order valence-electron chi connectivity index (χ0n) is 11.4. The average Bonchev–Trinajstić information content (AvgIpc) is 2.38. The molecule has 0 radical (unpaired) electrons. The molecule has 0 saturated carbocycles. The van der Waals surface area contributed by atoms with Crippen molar-refractivity contribution in [1.29, 1.82) is 0 Å². The van der Waals surface area contributed by atoms with Gasteiger partial charge in [-0.1, -0.05) is 25.8 Å². The topological polar surface area (TPSA) is 28.2 Å². The maximum absolute atomic E-state index is 5.37. The lowest BCUT2D eigenvalue weighted by Crippen LogP contribution is -2.25. The van der Waals surface area contributed by atoms with Crippen LogP contribution in [0.3, 0.4) is 0 Å². The highest BCUT2D eigenvalue weighted by molar-refractivity contribution is 5.14. The predicted octanol–water partition coefficient (Wildman–Crippen LogP) is 2.04. The molecule has 3 nitrogen and oxygen atoms in total. The van der Waals surface area contributed by atoms with Crippen molar-refractivity contribution in [3.63, 3.8) is 0 Å². The molecule has 1 N–H and O–H groups in total. The Hall–Kier alpha value is -1.37. The fourth-order valence-electron chi connectivity index (χ4n) is 1.81. The van der Waals surface area contributed by atoms with Crippen LogP contribution in [0.4, 0.5) is 0 Å². The Morgan fingerprint density at radius 3 is 2.78 bits per heavy atom. The molecule has 18 heavy (non-hydrogen) atoms. The fourth-order valence-corrected chi connectivity index (χ4v) is 1.81. The first-order valence-electron chi connectivity index (χ1n) is 6.60. The summed E-state index contributed by atoms with van der Waals surface area (Å²) in [4.78, 5) is 6.73. The SMILES string of the molecule is C#CCN(CCC)Cc1ccc(CNCC)cn1. The number of terminal acetylenes is 1. The van der Waals surface area contributed by atoms with Gasteiger partial charge in [-0.2, -0.15) is 0 Å². The molecule has 3 heteroatoms. The molecule has 0 aliphatic heterocycles. The molecular weight excluding hydrogens is 222 g/mol. The van der Waals surface area contributed by atoms with Crippen molar-refractivity contribution >= 4 is 0 Å². The van der Waals surface area contributed by atoms with E-state index in [2.05, 4.69) is 47.1 Å². The Morgan fingerprint density at radius 1 is 1.39 bits per heavy atom. The van der Waals surface area contributed by atoms with E-state index in [1.165, 1.54) is 5.56 Å². The number of nitrogens with zero attached hydrogens (tertiary/aromatic N) is 2. The van der Waals surface area contributed by atoms with Gasteiger partial charge in [0.2, 0.25) is 0 Å². The van der Waals surface area contributed by atoms with Crippen LogP contribution < -0.4 is 5.32 Å². The van der Waals surface area contributed by atoms with Crippen LogP contribution in [0.2, 0.25) is 0 Å². The lowest BCUT2D eigenvalue weighted by atomic mass is 10.2. The molecular formula is C15H23N3. The van der Waals surface area contributed by atoms with Gasteiger partial charge in [-0.25, -0.2) is 0 Å². The van der Waals surface area contributed by atoms with E-state index in [1.807, 2.05) is 6.20 Å². The van der Waals surface area contributed by atoms with E-state index in [9.17, 15) is 0 Å². The number of nitrogens with one attached hydrogen (secondary N) is 1. The summed E-state index contributed by atoms with van der Waals surface area (Å²) in [5.41, 5.74) is 2.30. The Labute approximate surface area is 111 Å². The van der Waals surface area contributed by atoms with E-state index in [0.717, 1.165) is 38.3 Å². The van der Waals surface area contributed by atoms with Crippen LogP contribution in [0.5, 0.6) is 0 Å². The molecule has 0 aromatic carbocycles. The molecule has 1 heterocycles. The van der Waals surface area contributed by atoms with Crippen molar-refractivity contribution in [1.82, 2.24) is 15.2 Å². The van der Waals surface area contributed by atoms with Gasteiger partial charge in [-0.15, -0.1) is 6.42 Å². The highest BCUT2D eigenvalue weighted by atomic mass is 15.1. The van der Waals surface area contributed by atoms with Gasteiger partial charge >= 0.3 is 0 Å². The van der Waals surface area contributed by atoms with Gasteiger partial charge in [0.1, 0.15) is 0 Å². The van der Waals surface area contributed by atoms with Crippen LogP contribution in [-0.2, 0) is 13.1 Å². The van der Waals surface area contributed by atoms with E-state index in [0.29, 0.717) is 6.54 Å². The Morgan fingerprint density at radius 2 is 2.22 bits per heavy atom. The third kappa shape index (κ3) is 5.31. The maximum atomic E-state index is 5.37. The minimum Gasteiger partial charge on any atom is -0.313 e. The third-order valence-electron chi connectivity index (χ3n) is 2.71. The minimum atomic E-state index is 0.689. The fraction of sp³-hybridized carbons (Fsp3) is 0.533. The molecule has 0 spiro atoms. The molecule has 0 aliphatic rings. The van der Waals surface area contributed by atoms with Crippen LogP contribution in [0.15, 0.2) is 18.3 Å². The third-order valence-corrected chi connectivity index (χ3v) is 2.71. The Bertz CT molecular complexity index is 364. The van der Waals surface area contributed by atoms with Gasteiger partial charge in [-0.3, -0.25) is 9.88 Å². The number of hydrogen-bond donors (Lipinski definition) is 1. The van der Waals surface area contributed by atoms with Gasteiger partial charge in [0.05, 0.1) is 12.2 Å². The molecule has 0 aliphatic carbocycles. The molecule has 0 saturated heterocycles. The van der Waals surface area contributed by atoms with Crippen LogP contribution in [0, 0.1) is 12.3 Å². The summed E-state index contributed by atoms with van der Waals surface area (Å²) in [6.45, 7) is 8.67. The Kier molecular flexibility index (Phi) is 7.09. The smallest absolute Gasteiger partial charge is 0.0602 e. The van der Waals surface area contributed by atoms with E-state index >= 15 is 0 Å². The zero-order chi connectivity index (χ0) is 13.2. The van der Waals surface area contributed by atoms with Crippen molar-refractivity contribution in [3.05, 3.63) is 29.6 Å². The van der Waals surface area contributed by atoms with Crippen LogP contribution in [0.1, 0.15) is 31.5 Å². The molecule has 98 valence electrons. The maximum Gasteiger partial charge on any atom is 0.0602 e. The monoisotopic (exact) mass is 245 g/mol. The second-order valence-corrected chi connectivity index (χ2v) is 4.35. The predicted molar refractivity (Wildman–Crippen MR) is 76.0 cm³/mol. The number of rotatable bonds is 8. The Balaban J connectivity index is 2.53. The van der Waals surface area contributed by atoms with Crippen LogP contribution >= 0.6 is 0 Å². The molecule has 0 atom stereocenters. The molecule has 0 unspecified atom stereocenters. The quantitative estimate of drug-likeness (QED) is 0.710. The van der Waals surface area contributed by atoms with Gasteiger partial charge in [-0.05, 0) is 31.1 Å². The average molecular weight is 245 g/mol. The summed E-state index contributed by atoms with van der Waals surface area (Å²) in [7, 11) is 0. The van der Waals surface area contributed by atoms with Crippen molar-refractivity contribution in [2.24, 2.45) is 0 Å². The molecule has 1 rings (SSSR count). The van der Waals surface area contributed by atoms with Crippen LogP contribution in [-0.4, -0.2) is 29.5 Å². The summed E-state index contributed by atoms with van der Waals surface area (Å²) >= 11 is 0. The molecule has 1 aromatic heterocycles. The first-order chi connectivity index (χ1) is 8.80. The number of aromatic nitrogens is 1. The van der Waals surface area contributed by atoms with Gasteiger partial charge in [0.25, 0.3) is 0 Å². The van der Waals surface area contributed by atoms with Gasteiger partial charge in [0, 0.05) is 19.3 Å². The molecule has 0 bridgehead atoms. The second-order valence-electron chi connectivity index (χ2n) is 4.35. The van der Waals surface area contributed by atoms with Crippen molar-refractivity contribution in [2.45, 2.75) is 33.4 Å². The lowest BCUT2D eigenvalue weighted by molar-refractivity contribution is 0.296. The zero-order valence-corrected chi connectivity index (χ0v) is 11.4. The van der Waals surface area contributed by atoms with E-state index in [4.69, 9.17) is 6.42 Å². The van der Waals surface area contributed by atoms with Crippen molar-refractivity contribution in [2.75, 3.05) is 19.6 Å². The standard InChI is InChI=1S/C15H23N3/c1-4-9-18(10-5-2)13-15-8-7-14(12-17-15)11-16-6-3/h1,7-8,12,16H,5-6,9-11,13H2,2-3H3. The minimum absolute atomic E-state index is 0.689. The van der Waals surface area contributed by atoms with Crippen molar-refractivity contribution < 1.29 is 0 Å².